The van der Waals surface area contributed by atoms with Crippen LogP contribution in [0.15, 0.2) is 18.5 Å². The first-order valence-electron chi connectivity index (χ1n) is 5.64. The quantitative estimate of drug-likeness (QED) is 0.767. The molecule has 2 aromatic rings. The zero-order valence-corrected chi connectivity index (χ0v) is 10.5. The fourth-order valence-electron chi connectivity index (χ4n) is 1.58. The van der Waals surface area contributed by atoms with Crippen LogP contribution in [0.25, 0.3) is 5.82 Å². The Hall–Kier alpha value is -2.24. The maximum absolute atomic E-state index is 11.5. The van der Waals surface area contributed by atoms with Crippen molar-refractivity contribution in [1.82, 2.24) is 19.7 Å². The molecule has 2 rings (SSSR count). The van der Waals surface area contributed by atoms with Gasteiger partial charge >= 0.3 is 5.97 Å². The molecule has 0 unspecified atom stereocenters. The summed E-state index contributed by atoms with van der Waals surface area (Å²) in [6, 6.07) is 1.80. The van der Waals surface area contributed by atoms with Crippen LogP contribution in [0.5, 0.6) is 0 Å². The van der Waals surface area contributed by atoms with Crippen molar-refractivity contribution in [2.24, 2.45) is 0 Å². The monoisotopic (exact) mass is 246 g/mol. The Labute approximate surface area is 105 Å². The number of aromatic nitrogens is 4. The molecule has 2 aromatic heterocycles. The number of hydrogen-bond donors (Lipinski definition) is 0. The second-order valence-electron chi connectivity index (χ2n) is 3.81. The SMILES string of the molecule is CCOC(=O)c1cnn(-c2cc(C)nc(C)n2)c1. The van der Waals surface area contributed by atoms with Crippen molar-refractivity contribution >= 4 is 5.97 Å². The van der Waals surface area contributed by atoms with E-state index in [1.807, 2.05) is 13.8 Å². The molecule has 0 amide bonds. The third kappa shape index (κ3) is 2.53. The van der Waals surface area contributed by atoms with Crippen molar-refractivity contribution in [3.05, 3.63) is 35.5 Å². The summed E-state index contributed by atoms with van der Waals surface area (Å²) in [5, 5.41) is 4.10. The summed E-state index contributed by atoms with van der Waals surface area (Å²) in [4.78, 5) is 20.0. The molecule has 0 saturated carbocycles. The Balaban J connectivity index is 2.32. The van der Waals surface area contributed by atoms with E-state index >= 15 is 0 Å². The molecule has 0 atom stereocenters. The fourth-order valence-corrected chi connectivity index (χ4v) is 1.58. The normalized spacial score (nSPS) is 10.4. The molecule has 6 heteroatoms. The van der Waals surface area contributed by atoms with Gasteiger partial charge in [0.05, 0.1) is 18.4 Å². The minimum Gasteiger partial charge on any atom is -0.462 e. The Morgan fingerprint density at radius 3 is 2.83 bits per heavy atom. The van der Waals surface area contributed by atoms with E-state index in [4.69, 9.17) is 4.74 Å². The van der Waals surface area contributed by atoms with E-state index < -0.39 is 0 Å². The standard InChI is InChI=1S/C12H14N4O2/c1-4-18-12(17)10-6-13-16(7-10)11-5-8(2)14-9(3)15-11/h5-7H,4H2,1-3H3. The molecule has 2 heterocycles. The number of nitrogens with zero attached hydrogens (tertiary/aromatic N) is 4. The molecule has 0 aliphatic carbocycles. The second kappa shape index (κ2) is 4.95. The summed E-state index contributed by atoms with van der Waals surface area (Å²) in [5.74, 6) is 0.917. The molecule has 94 valence electrons. The van der Waals surface area contributed by atoms with Crippen molar-refractivity contribution in [3.8, 4) is 5.82 Å². The number of rotatable bonds is 3. The van der Waals surface area contributed by atoms with Crippen LogP contribution in [0.4, 0.5) is 0 Å². The average molecular weight is 246 g/mol. The smallest absolute Gasteiger partial charge is 0.341 e. The van der Waals surface area contributed by atoms with Crippen molar-refractivity contribution < 1.29 is 9.53 Å². The number of hydrogen-bond acceptors (Lipinski definition) is 5. The van der Waals surface area contributed by atoms with Crippen LogP contribution < -0.4 is 0 Å². The highest BCUT2D eigenvalue weighted by Crippen LogP contribution is 2.08. The summed E-state index contributed by atoms with van der Waals surface area (Å²) < 4.78 is 6.44. The van der Waals surface area contributed by atoms with Crippen LogP contribution in [-0.2, 0) is 4.74 Å². The summed E-state index contributed by atoms with van der Waals surface area (Å²) >= 11 is 0. The van der Waals surface area contributed by atoms with Gasteiger partial charge in [0.2, 0.25) is 0 Å². The molecule has 6 nitrogen and oxygen atoms in total. The maximum atomic E-state index is 11.5. The first-order chi connectivity index (χ1) is 8.60. The lowest BCUT2D eigenvalue weighted by Gasteiger charge is -2.02. The highest BCUT2D eigenvalue weighted by Gasteiger charge is 2.11. The van der Waals surface area contributed by atoms with Gasteiger partial charge in [-0.25, -0.2) is 19.4 Å². The third-order valence-corrected chi connectivity index (χ3v) is 2.28. The fraction of sp³-hybridized carbons (Fsp3) is 0.333. The van der Waals surface area contributed by atoms with Crippen molar-refractivity contribution in [2.45, 2.75) is 20.8 Å². The molecule has 0 fully saturated rings. The third-order valence-electron chi connectivity index (χ3n) is 2.28. The molecule has 0 spiro atoms. The molecule has 0 radical (unpaired) electrons. The summed E-state index contributed by atoms with van der Waals surface area (Å²) in [6.07, 6.45) is 3.06. The average Bonchev–Trinajstić information content (AvgIpc) is 2.77. The lowest BCUT2D eigenvalue weighted by Crippen LogP contribution is -2.04. The Morgan fingerprint density at radius 1 is 1.39 bits per heavy atom. The lowest BCUT2D eigenvalue weighted by atomic mass is 10.4. The van der Waals surface area contributed by atoms with Crippen molar-refractivity contribution in [2.75, 3.05) is 6.61 Å². The van der Waals surface area contributed by atoms with E-state index in [9.17, 15) is 4.79 Å². The van der Waals surface area contributed by atoms with Gasteiger partial charge in [-0.3, -0.25) is 0 Å². The van der Waals surface area contributed by atoms with E-state index in [-0.39, 0.29) is 5.97 Å². The van der Waals surface area contributed by atoms with Gasteiger partial charge in [-0.05, 0) is 20.8 Å². The Kier molecular flexibility index (Phi) is 3.36. The first-order valence-corrected chi connectivity index (χ1v) is 5.64. The molecule has 0 saturated heterocycles. The molecule has 0 aliphatic rings. The van der Waals surface area contributed by atoms with Crippen molar-refractivity contribution in [3.63, 3.8) is 0 Å². The van der Waals surface area contributed by atoms with E-state index in [2.05, 4.69) is 15.1 Å². The molecule has 0 aliphatic heterocycles. The predicted molar refractivity (Wildman–Crippen MR) is 64.6 cm³/mol. The zero-order chi connectivity index (χ0) is 13.1. The second-order valence-corrected chi connectivity index (χ2v) is 3.81. The van der Waals surface area contributed by atoms with E-state index in [0.717, 1.165) is 5.69 Å². The summed E-state index contributed by atoms with van der Waals surface area (Å²) in [6.45, 7) is 5.80. The molecule has 0 bridgehead atoms. The van der Waals surface area contributed by atoms with Gasteiger partial charge in [-0.2, -0.15) is 5.10 Å². The van der Waals surface area contributed by atoms with Gasteiger partial charge in [-0.1, -0.05) is 0 Å². The summed E-state index contributed by atoms with van der Waals surface area (Å²) in [5.41, 5.74) is 1.26. The van der Waals surface area contributed by atoms with E-state index in [1.165, 1.54) is 10.9 Å². The number of carbonyl (C=O) groups excluding carboxylic acids is 1. The van der Waals surface area contributed by atoms with Gasteiger partial charge in [-0.15, -0.1) is 0 Å². The number of carbonyl (C=O) groups is 1. The van der Waals surface area contributed by atoms with Gasteiger partial charge in [0, 0.05) is 18.0 Å². The van der Waals surface area contributed by atoms with Gasteiger partial charge < -0.3 is 4.74 Å². The molecular weight excluding hydrogens is 232 g/mol. The number of aryl methyl sites for hydroxylation is 2. The first kappa shape index (κ1) is 12.2. The molecule has 18 heavy (non-hydrogen) atoms. The van der Waals surface area contributed by atoms with Crippen LogP contribution in [0.2, 0.25) is 0 Å². The highest BCUT2D eigenvalue weighted by atomic mass is 16.5. The predicted octanol–water partition coefficient (Wildman–Crippen LogP) is 1.46. The van der Waals surface area contributed by atoms with E-state index in [0.29, 0.717) is 23.8 Å². The molecule has 0 aromatic carbocycles. The van der Waals surface area contributed by atoms with Crippen LogP contribution >= 0.6 is 0 Å². The number of ether oxygens (including phenoxy) is 1. The van der Waals surface area contributed by atoms with Crippen LogP contribution in [0.3, 0.4) is 0 Å². The number of esters is 1. The van der Waals surface area contributed by atoms with Gasteiger partial charge in [0.25, 0.3) is 0 Å². The van der Waals surface area contributed by atoms with Gasteiger partial charge in [0.1, 0.15) is 5.82 Å². The van der Waals surface area contributed by atoms with Crippen LogP contribution in [0.1, 0.15) is 28.8 Å². The highest BCUT2D eigenvalue weighted by molar-refractivity contribution is 5.88. The molecule has 0 N–H and O–H groups in total. The van der Waals surface area contributed by atoms with E-state index in [1.54, 1.807) is 19.2 Å². The van der Waals surface area contributed by atoms with Gasteiger partial charge in [0.15, 0.2) is 5.82 Å². The van der Waals surface area contributed by atoms with Crippen molar-refractivity contribution in [1.29, 1.82) is 0 Å². The maximum Gasteiger partial charge on any atom is 0.341 e. The Morgan fingerprint density at radius 2 is 2.17 bits per heavy atom. The largest absolute Gasteiger partial charge is 0.462 e. The zero-order valence-electron chi connectivity index (χ0n) is 10.5. The Bertz CT molecular complexity index is 557. The minimum atomic E-state index is -0.383. The summed E-state index contributed by atoms with van der Waals surface area (Å²) in [7, 11) is 0. The molecular formula is C12H14N4O2. The minimum absolute atomic E-state index is 0.343. The topological polar surface area (TPSA) is 69.9 Å². The lowest BCUT2D eigenvalue weighted by molar-refractivity contribution is 0.0526. The van der Waals surface area contributed by atoms with Crippen LogP contribution in [0, 0.1) is 13.8 Å². The van der Waals surface area contributed by atoms with Crippen LogP contribution in [-0.4, -0.2) is 32.3 Å².